The van der Waals surface area contributed by atoms with Crippen LogP contribution < -0.4 is 5.32 Å². The monoisotopic (exact) mass is 551 g/mol. The molecule has 208 valence electrons. The quantitative estimate of drug-likeness (QED) is 0.190. The summed E-state index contributed by atoms with van der Waals surface area (Å²) in [6, 6.07) is 24.3. The van der Waals surface area contributed by atoms with Crippen LogP contribution in [0.3, 0.4) is 0 Å². The number of esters is 2. The van der Waals surface area contributed by atoms with Gasteiger partial charge in [-0.3, -0.25) is 5.32 Å². The number of anilines is 1. The maximum Gasteiger partial charge on any atom is 0.412 e. The number of carbonyl (C=O) groups is 3. The van der Waals surface area contributed by atoms with Gasteiger partial charge in [0.25, 0.3) is 0 Å². The molecule has 1 amide bonds. The largest absolute Gasteiger partial charge is 0.465 e. The summed E-state index contributed by atoms with van der Waals surface area (Å²) in [5.41, 5.74) is 1.37. The Hall–Kier alpha value is -5.18. The summed E-state index contributed by atoms with van der Waals surface area (Å²) in [4.78, 5) is 38.3. The number of fused-ring (bicyclic) bond motifs is 2. The summed E-state index contributed by atoms with van der Waals surface area (Å²) < 4.78 is 16.9. The van der Waals surface area contributed by atoms with Crippen LogP contribution in [-0.4, -0.2) is 47.6 Å². The molecule has 1 aromatic heterocycles. The van der Waals surface area contributed by atoms with Crippen molar-refractivity contribution in [2.24, 2.45) is 0 Å². The molecule has 0 aliphatic carbocycles. The number of methoxy groups -OCH3 is 2. The Labute approximate surface area is 236 Å². The Morgan fingerprint density at radius 3 is 2.10 bits per heavy atom. The van der Waals surface area contributed by atoms with Crippen LogP contribution in [0, 0.1) is 0 Å². The van der Waals surface area contributed by atoms with Gasteiger partial charge in [0, 0.05) is 11.3 Å². The molecule has 0 saturated heterocycles. The molecule has 5 rings (SSSR count). The molecule has 0 unspecified atom stereocenters. The van der Waals surface area contributed by atoms with Gasteiger partial charge in [0.15, 0.2) is 5.69 Å². The second-order valence-corrected chi connectivity index (χ2v) is 10.4. The van der Waals surface area contributed by atoms with Gasteiger partial charge in [0.2, 0.25) is 0 Å². The molecule has 9 heteroatoms. The van der Waals surface area contributed by atoms with Crippen molar-refractivity contribution in [1.82, 2.24) is 9.78 Å². The molecule has 5 aromatic rings. The fourth-order valence-electron chi connectivity index (χ4n) is 4.59. The average Bonchev–Trinajstić information content (AvgIpc) is 3.35. The zero-order chi connectivity index (χ0) is 29.3. The lowest BCUT2D eigenvalue weighted by molar-refractivity contribution is 0.0549. The molecule has 9 nitrogen and oxygen atoms in total. The molecule has 0 aliphatic rings. The Bertz CT molecular complexity index is 1820. The van der Waals surface area contributed by atoms with Crippen LogP contribution in [0.15, 0.2) is 78.9 Å². The van der Waals surface area contributed by atoms with Crippen LogP contribution in [0.5, 0.6) is 0 Å². The number of nitrogens with zero attached hydrogens (tertiary/aromatic N) is 2. The fraction of sp³-hybridized carbons (Fsp3) is 0.188. The lowest BCUT2D eigenvalue weighted by Gasteiger charge is -2.19. The summed E-state index contributed by atoms with van der Waals surface area (Å²) in [6.45, 7) is 5.39. The molecule has 0 aliphatic heterocycles. The Morgan fingerprint density at radius 2 is 1.39 bits per heavy atom. The van der Waals surface area contributed by atoms with E-state index in [0.717, 1.165) is 21.5 Å². The first-order valence-electron chi connectivity index (χ1n) is 12.9. The fourth-order valence-corrected chi connectivity index (χ4v) is 4.59. The van der Waals surface area contributed by atoms with Gasteiger partial charge in [-0.15, -0.1) is 0 Å². The molecular formula is C32H29N3O6. The van der Waals surface area contributed by atoms with Crippen LogP contribution in [0.4, 0.5) is 10.5 Å². The number of hydrogen-bond donors (Lipinski definition) is 1. The Kier molecular flexibility index (Phi) is 7.19. The van der Waals surface area contributed by atoms with Gasteiger partial charge in [0.1, 0.15) is 16.9 Å². The summed E-state index contributed by atoms with van der Waals surface area (Å²) in [6.07, 6.45) is -0.552. The topological polar surface area (TPSA) is 109 Å². The van der Waals surface area contributed by atoms with E-state index in [4.69, 9.17) is 19.3 Å². The maximum absolute atomic E-state index is 13.1. The zero-order valence-electron chi connectivity index (χ0n) is 23.3. The number of amides is 1. The van der Waals surface area contributed by atoms with E-state index in [1.807, 2.05) is 66.7 Å². The number of benzene rings is 4. The standard InChI is InChI=1S/C32H29N3O6/c1-32(2,3)41-31(38)33-24-14-12-22-18-25(15-13-21(22)17-24)35-28(30(37)40-5)26(29(36)39-4)27(34-35)23-11-10-19-8-6-7-9-20(19)16-23/h6-18H,1-5H3,(H,33,38). The molecular weight excluding hydrogens is 522 g/mol. The van der Waals surface area contributed by atoms with Gasteiger partial charge in [-0.05, 0) is 72.6 Å². The van der Waals surface area contributed by atoms with E-state index in [0.29, 0.717) is 22.6 Å². The summed E-state index contributed by atoms with van der Waals surface area (Å²) in [7, 11) is 2.50. The average molecular weight is 552 g/mol. The first-order valence-corrected chi connectivity index (χ1v) is 12.9. The zero-order valence-corrected chi connectivity index (χ0v) is 23.3. The Balaban J connectivity index is 1.62. The van der Waals surface area contributed by atoms with E-state index >= 15 is 0 Å². The Morgan fingerprint density at radius 1 is 0.756 bits per heavy atom. The van der Waals surface area contributed by atoms with E-state index in [1.165, 1.54) is 18.9 Å². The lowest BCUT2D eigenvalue weighted by Crippen LogP contribution is -2.27. The number of ether oxygens (including phenoxy) is 3. The first-order chi connectivity index (χ1) is 19.6. The SMILES string of the molecule is COC(=O)c1c(-c2ccc3ccccc3c2)nn(-c2ccc3cc(NC(=O)OC(C)(C)C)ccc3c2)c1C(=O)OC. The number of carbonyl (C=O) groups excluding carboxylic acids is 3. The van der Waals surface area contributed by atoms with E-state index in [9.17, 15) is 14.4 Å². The van der Waals surface area contributed by atoms with Crippen LogP contribution in [0.1, 0.15) is 41.6 Å². The highest BCUT2D eigenvalue weighted by Gasteiger charge is 2.31. The smallest absolute Gasteiger partial charge is 0.412 e. The number of hydrogen-bond acceptors (Lipinski definition) is 7. The van der Waals surface area contributed by atoms with Gasteiger partial charge in [-0.2, -0.15) is 5.10 Å². The first kappa shape index (κ1) is 27.4. The predicted molar refractivity (Wildman–Crippen MR) is 157 cm³/mol. The molecule has 0 saturated carbocycles. The second kappa shape index (κ2) is 10.8. The van der Waals surface area contributed by atoms with Crippen LogP contribution in [-0.2, 0) is 14.2 Å². The van der Waals surface area contributed by atoms with E-state index < -0.39 is 23.6 Å². The van der Waals surface area contributed by atoms with Crippen molar-refractivity contribution >= 4 is 45.3 Å². The number of rotatable bonds is 5. The molecule has 0 bridgehead atoms. The van der Waals surface area contributed by atoms with Gasteiger partial charge >= 0.3 is 18.0 Å². The van der Waals surface area contributed by atoms with Gasteiger partial charge in [0.05, 0.1) is 19.9 Å². The maximum atomic E-state index is 13.1. The van der Waals surface area contributed by atoms with Crippen molar-refractivity contribution < 1.29 is 28.6 Å². The van der Waals surface area contributed by atoms with Gasteiger partial charge in [-0.1, -0.05) is 48.5 Å². The molecule has 1 N–H and O–H groups in total. The normalized spacial score (nSPS) is 11.3. The van der Waals surface area contributed by atoms with Crippen molar-refractivity contribution in [2.45, 2.75) is 26.4 Å². The molecule has 0 spiro atoms. The highest BCUT2D eigenvalue weighted by atomic mass is 16.6. The third-order valence-corrected chi connectivity index (χ3v) is 6.39. The lowest BCUT2D eigenvalue weighted by atomic mass is 10.0. The molecule has 0 atom stereocenters. The minimum absolute atomic E-state index is 0.00615. The molecule has 0 fully saturated rings. The van der Waals surface area contributed by atoms with Crippen molar-refractivity contribution in [1.29, 1.82) is 0 Å². The van der Waals surface area contributed by atoms with Crippen molar-refractivity contribution in [3.05, 3.63) is 90.1 Å². The van der Waals surface area contributed by atoms with E-state index in [2.05, 4.69) is 5.32 Å². The van der Waals surface area contributed by atoms with Crippen molar-refractivity contribution in [3.63, 3.8) is 0 Å². The minimum Gasteiger partial charge on any atom is -0.465 e. The summed E-state index contributed by atoms with van der Waals surface area (Å²) in [5.74, 6) is -1.44. The summed E-state index contributed by atoms with van der Waals surface area (Å²) in [5, 5.41) is 11.1. The summed E-state index contributed by atoms with van der Waals surface area (Å²) >= 11 is 0. The van der Waals surface area contributed by atoms with E-state index in [-0.39, 0.29) is 11.3 Å². The predicted octanol–water partition coefficient (Wildman–Crippen LogP) is 6.77. The highest BCUT2D eigenvalue weighted by molar-refractivity contribution is 6.07. The van der Waals surface area contributed by atoms with Crippen molar-refractivity contribution in [2.75, 3.05) is 19.5 Å². The van der Waals surface area contributed by atoms with Gasteiger partial charge < -0.3 is 14.2 Å². The van der Waals surface area contributed by atoms with Crippen molar-refractivity contribution in [3.8, 4) is 16.9 Å². The molecule has 1 heterocycles. The minimum atomic E-state index is -0.734. The number of aromatic nitrogens is 2. The van der Waals surface area contributed by atoms with Crippen LogP contribution in [0.25, 0.3) is 38.5 Å². The third-order valence-electron chi connectivity index (χ3n) is 6.39. The molecule has 0 radical (unpaired) electrons. The van der Waals surface area contributed by atoms with E-state index in [1.54, 1.807) is 32.9 Å². The van der Waals surface area contributed by atoms with Gasteiger partial charge in [-0.25, -0.2) is 19.1 Å². The highest BCUT2D eigenvalue weighted by Crippen LogP contribution is 2.32. The molecule has 41 heavy (non-hydrogen) atoms. The molecule has 4 aromatic carbocycles. The number of nitrogens with one attached hydrogen (secondary N) is 1. The van der Waals surface area contributed by atoms with Crippen LogP contribution >= 0.6 is 0 Å². The third kappa shape index (κ3) is 5.60. The van der Waals surface area contributed by atoms with Crippen LogP contribution in [0.2, 0.25) is 0 Å². The second-order valence-electron chi connectivity index (χ2n) is 10.4.